The summed E-state index contributed by atoms with van der Waals surface area (Å²) in [5, 5.41) is 11.7. The fourth-order valence-electron chi connectivity index (χ4n) is 3.43. The molecule has 6 heteroatoms. The fourth-order valence-corrected chi connectivity index (χ4v) is 3.43. The summed E-state index contributed by atoms with van der Waals surface area (Å²) in [6.45, 7) is 8.18. The van der Waals surface area contributed by atoms with Crippen LogP contribution in [0.5, 0.6) is 0 Å². The zero-order chi connectivity index (χ0) is 17.5. The molecule has 2 N–H and O–H groups in total. The number of rotatable bonds is 2. The minimum Gasteiger partial charge on any atom is -0.465 e. The standard InChI is InChI=1S/C18H26BNO4/c1-17(2)18(3,4)24-19(23-17)13-9-10-14-12(11-13)7-5-6-8-15(14)20-16(21)22/h9-11,15,20H,5-8H2,1-4H3,(H,21,22). The van der Waals surface area contributed by atoms with Crippen LogP contribution in [0, 0.1) is 0 Å². The molecule has 0 spiro atoms. The Balaban J connectivity index is 1.89. The van der Waals surface area contributed by atoms with E-state index in [4.69, 9.17) is 14.4 Å². The van der Waals surface area contributed by atoms with Crippen molar-refractivity contribution in [2.45, 2.75) is 70.6 Å². The predicted octanol–water partition coefficient (Wildman–Crippen LogP) is 3.02. The van der Waals surface area contributed by atoms with Crippen LogP contribution in [0.25, 0.3) is 0 Å². The molecule has 1 aliphatic heterocycles. The smallest absolute Gasteiger partial charge is 0.465 e. The summed E-state index contributed by atoms with van der Waals surface area (Å²) in [7, 11) is -0.380. The molecule has 2 aliphatic rings. The first-order valence-electron chi connectivity index (χ1n) is 8.67. The zero-order valence-corrected chi connectivity index (χ0v) is 14.9. The SMILES string of the molecule is CC1(C)OB(c2ccc3c(c2)CCCCC3NC(=O)O)OC1(C)C. The van der Waals surface area contributed by atoms with Crippen molar-refractivity contribution in [2.24, 2.45) is 0 Å². The van der Waals surface area contributed by atoms with E-state index in [1.165, 1.54) is 5.56 Å². The maximum Gasteiger partial charge on any atom is 0.494 e. The normalized spacial score (nSPS) is 25.0. The Labute approximate surface area is 143 Å². The molecule has 1 amide bonds. The second kappa shape index (κ2) is 6.08. The minimum absolute atomic E-state index is 0.132. The Morgan fingerprint density at radius 2 is 1.88 bits per heavy atom. The molecule has 1 fully saturated rings. The third kappa shape index (κ3) is 3.17. The molecule has 5 nitrogen and oxygen atoms in total. The predicted molar refractivity (Wildman–Crippen MR) is 93.6 cm³/mol. The first-order chi connectivity index (χ1) is 11.2. The van der Waals surface area contributed by atoms with Crippen molar-refractivity contribution in [3.8, 4) is 0 Å². The van der Waals surface area contributed by atoms with Gasteiger partial charge in [-0.15, -0.1) is 0 Å². The molecule has 0 aromatic heterocycles. The number of hydrogen-bond donors (Lipinski definition) is 2. The highest BCUT2D eigenvalue weighted by molar-refractivity contribution is 6.62. The first-order valence-corrected chi connectivity index (χ1v) is 8.67. The molecule has 24 heavy (non-hydrogen) atoms. The Bertz CT molecular complexity index is 628. The van der Waals surface area contributed by atoms with Crippen LogP contribution in [0.4, 0.5) is 4.79 Å². The van der Waals surface area contributed by atoms with Gasteiger partial charge in [0.05, 0.1) is 17.2 Å². The quantitative estimate of drug-likeness (QED) is 0.646. The van der Waals surface area contributed by atoms with Gasteiger partial charge >= 0.3 is 13.2 Å². The number of benzene rings is 1. The number of hydrogen-bond acceptors (Lipinski definition) is 3. The monoisotopic (exact) mass is 331 g/mol. The summed E-state index contributed by atoms with van der Waals surface area (Å²) in [5.74, 6) is 0. The Kier molecular flexibility index (Phi) is 4.38. The highest BCUT2D eigenvalue weighted by atomic mass is 16.7. The van der Waals surface area contributed by atoms with Crippen LogP contribution in [0.1, 0.15) is 64.1 Å². The number of amides is 1. The van der Waals surface area contributed by atoms with Crippen molar-refractivity contribution in [3.05, 3.63) is 29.3 Å². The summed E-state index contributed by atoms with van der Waals surface area (Å²) >= 11 is 0. The van der Waals surface area contributed by atoms with E-state index in [-0.39, 0.29) is 24.4 Å². The fraction of sp³-hybridized carbons (Fsp3) is 0.611. The van der Waals surface area contributed by atoms with Crippen molar-refractivity contribution in [1.82, 2.24) is 5.32 Å². The van der Waals surface area contributed by atoms with Crippen LogP contribution >= 0.6 is 0 Å². The van der Waals surface area contributed by atoms with E-state index >= 15 is 0 Å². The van der Waals surface area contributed by atoms with Gasteiger partial charge in [-0.3, -0.25) is 0 Å². The molecule has 3 rings (SSSR count). The van der Waals surface area contributed by atoms with Crippen LogP contribution in [-0.2, 0) is 15.7 Å². The van der Waals surface area contributed by atoms with Gasteiger partial charge in [0.25, 0.3) is 0 Å². The van der Waals surface area contributed by atoms with Crippen LogP contribution in [0.15, 0.2) is 18.2 Å². The average Bonchev–Trinajstić information content (AvgIpc) is 2.62. The second-order valence-corrected chi connectivity index (χ2v) is 7.79. The molecule has 0 bridgehead atoms. The molecular formula is C18H26BNO4. The van der Waals surface area contributed by atoms with Crippen molar-refractivity contribution in [2.75, 3.05) is 0 Å². The molecule has 1 atom stereocenters. The van der Waals surface area contributed by atoms with E-state index in [2.05, 4.69) is 11.4 Å². The number of nitrogens with one attached hydrogen (secondary N) is 1. The van der Waals surface area contributed by atoms with Crippen molar-refractivity contribution in [3.63, 3.8) is 0 Å². The number of fused-ring (bicyclic) bond motifs is 1. The van der Waals surface area contributed by atoms with E-state index in [9.17, 15) is 4.79 Å². The second-order valence-electron chi connectivity index (χ2n) is 7.79. The van der Waals surface area contributed by atoms with Crippen LogP contribution < -0.4 is 10.8 Å². The van der Waals surface area contributed by atoms with Gasteiger partial charge in [0, 0.05) is 0 Å². The Morgan fingerprint density at radius 1 is 1.21 bits per heavy atom. The van der Waals surface area contributed by atoms with E-state index in [0.717, 1.165) is 36.7 Å². The van der Waals surface area contributed by atoms with Gasteiger partial charge < -0.3 is 19.7 Å². The van der Waals surface area contributed by atoms with Crippen LogP contribution in [0.2, 0.25) is 0 Å². The van der Waals surface area contributed by atoms with Crippen LogP contribution in [0.3, 0.4) is 0 Å². The highest BCUT2D eigenvalue weighted by Crippen LogP contribution is 2.37. The number of carbonyl (C=O) groups is 1. The molecule has 1 unspecified atom stereocenters. The topological polar surface area (TPSA) is 67.8 Å². The Morgan fingerprint density at radius 3 is 2.50 bits per heavy atom. The van der Waals surface area contributed by atoms with Gasteiger partial charge in [-0.2, -0.15) is 0 Å². The lowest BCUT2D eigenvalue weighted by molar-refractivity contribution is 0.00578. The lowest BCUT2D eigenvalue weighted by Crippen LogP contribution is -2.41. The summed E-state index contributed by atoms with van der Waals surface area (Å²) < 4.78 is 12.3. The minimum atomic E-state index is -0.970. The Hall–Kier alpha value is -1.53. The van der Waals surface area contributed by atoms with Crippen LogP contribution in [-0.4, -0.2) is 29.5 Å². The van der Waals surface area contributed by atoms with Gasteiger partial charge in [-0.05, 0) is 63.5 Å². The summed E-state index contributed by atoms with van der Waals surface area (Å²) in [6, 6.07) is 6.02. The van der Waals surface area contributed by atoms with E-state index < -0.39 is 6.09 Å². The molecule has 1 aromatic rings. The average molecular weight is 331 g/mol. The third-order valence-electron chi connectivity index (χ3n) is 5.55. The summed E-state index contributed by atoms with van der Waals surface area (Å²) in [6.07, 6.45) is 2.92. The summed E-state index contributed by atoms with van der Waals surface area (Å²) in [5.41, 5.74) is 2.55. The van der Waals surface area contributed by atoms with Crippen molar-refractivity contribution < 1.29 is 19.2 Å². The maximum absolute atomic E-state index is 11.1. The zero-order valence-electron chi connectivity index (χ0n) is 14.9. The maximum atomic E-state index is 11.1. The molecule has 1 saturated heterocycles. The van der Waals surface area contributed by atoms with Gasteiger partial charge in [0.1, 0.15) is 0 Å². The molecular weight excluding hydrogens is 305 g/mol. The lowest BCUT2D eigenvalue weighted by atomic mass is 9.77. The molecule has 1 aliphatic carbocycles. The number of carboxylic acid groups (broad SMARTS) is 1. The highest BCUT2D eigenvalue weighted by Gasteiger charge is 2.51. The van der Waals surface area contributed by atoms with Gasteiger partial charge in [-0.1, -0.05) is 24.6 Å². The summed E-state index contributed by atoms with van der Waals surface area (Å²) in [4.78, 5) is 11.1. The van der Waals surface area contributed by atoms with Gasteiger partial charge in [0.2, 0.25) is 0 Å². The first kappa shape index (κ1) is 17.3. The van der Waals surface area contributed by atoms with E-state index in [0.29, 0.717) is 0 Å². The number of aryl methyl sites for hydroxylation is 1. The third-order valence-corrected chi connectivity index (χ3v) is 5.55. The largest absolute Gasteiger partial charge is 0.494 e. The molecule has 1 heterocycles. The molecule has 1 aromatic carbocycles. The molecule has 0 radical (unpaired) electrons. The lowest BCUT2D eigenvalue weighted by Gasteiger charge is -2.32. The molecule has 0 saturated carbocycles. The van der Waals surface area contributed by atoms with Crippen molar-refractivity contribution >= 4 is 18.7 Å². The van der Waals surface area contributed by atoms with E-state index in [1.54, 1.807) is 0 Å². The van der Waals surface area contributed by atoms with Gasteiger partial charge in [-0.25, -0.2) is 4.79 Å². The van der Waals surface area contributed by atoms with Gasteiger partial charge in [0.15, 0.2) is 0 Å². The van der Waals surface area contributed by atoms with E-state index in [1.807, 2.05) is 39.8 Å². The molecule has 130 valence electrons. The van der Waals surface area contributed by atoms with Crippen molar-refractivity contribution in [1.29, 1.82) is 0 Å².